The average molecular weight is 401 g/mol. The van der Waals surface area contributed by atoms with Gasteiger partial charge in [0, 0.05) is 37.4 Å². The summed E-state index contributed by atoms with van der Waals surface area (Å²) < 4.78 is 38.9. The van der Waals surface area contributed by atoms with Crippen molar-refractivity contribution in [3.8, 4) is 0 Å². The maximum atomic E-state index is 12.5. The molecule has 2 amide bonds. The van der Waals surface area contributed by atoms with Crippen LogP contribution < -0.4 is 34.3 Å². The van der Waals surface area contributed by atoms with Crippen LogP contribution in [0.3, 0.4) is 0 Å². The predicted molar refractivity (Wildman–Crippen MR) is 90.3 cm³/mol. The van der Waals surface area contributed by atoms with E-state index in [-0.39, 0.29) is 52.8 Å². The van der Waals surface area contributed by atoms with E-state index in [9.17, 15) is 22.6 Å². The van der Waals surface area contributed by atoms with Gasteiger partial charge in [0.05, 0.1) is 6.26 Å². The molecule has 1 aliphatic heterocycles. The summed E-state index contributed by atoms with van der Waals surface area (Å²) in [5.74, 6) is -0.177. The van der Waals surface area contributed by atoms with Crippen LogP contribution in [0, 0.1) is 0 Å². The molecule has 11 heteroatoms. The molecule has 1 aromatic heterocycles. The van der Waals surface area contributed by atoms with Gasteiger partial charge in [-0.1, -0.05) is 0 Å². The van der Waals surface area contributed by atoms with Gasteiger partial charge in [0.2, 0.25) is 0 Å². The van der Waals surface area contributed by atoms with Crippen LogP contribution in [0.15, 0.2) is 47.1 Å². The number of rotatable bonds is 4. The standard InChI is InChI=1S/C16H17N3O6S.Na/c20-15(12-3-5-13(6-4-12)17-26(22,23)24)18-7-9-19(10-8-18)16(21)14-2-1-11-25-14;/h1-6,11,17H,7-10H2,(H,22,23,24);/q;+1/p-1. The topological polar surface area (TPSA) is 123 Å². The van der Waals surface area contributed by atoms with E-state index < -0.39 is 10.3 Å². The molecule has 2 heterocycles. The van der Waals surface area contributed by atoms with Crippen LogP contribution >= 0.6 is 0 Å². The Hall–Kier alpha value is -1.85. The Balaban J connectivity index is 0.00000261. The monoisotopic (exact) mass is 401 g/mol. The van der Waals surface area contributed by atoms with Gasteiger partial charge in [-0.05, 0) is 36.4 Å². The molecule has 1 N–H and O–H groups in total. The second-order valence-electron chi connectivity index (χ2n) is 5.70. The van der Waals surface area contributed by atoms with Gasteiger partial charge in [-0.3, -0.25) is 14.3 Å². The molecule has 1 aliphatic rings. The van der Waals surface area contributed by atoms with Crippen molar-refractivity contribution in [3.05, 3.63) is 54.0 Å². The summed E-state index contributed by atoms with van der Waals surface area (Å²) in [7, 11) is -4.60. The minimum Gasteiger partial charge on any atom is -0.731 e. The first-order chi connectivity index (χ1) is 12.3. The Morgan fingerprint density at radius 2 is 1.52 bits per heavy atom. The molecule has 0 atom stereocenters. The Kier molecular flexibility index (Phi) is 7.06. The van der Waals surface area contributed by atoms with E-state index in [4.69, 9.17) is 4.42 Å². The quantitative estimate of drug-likeness (QED) is 0.456. The van der Waals surface area contributed by atoms with Crippen molar-refractivity contribution in [2.75, 3.05) is 30.9 Å². The number of nitrogens with one attached hydrogen (secondary N) is 1. The Labute approximate surface area is 178 Å². The summed E-state index contributed by atoms with van der Waals surface area (Å²) >= 11 is 0. The first kappa shape index (κ1) is 21.5. The number of piperazine rings is 1. The molecule has 3 rings (SSSR count). The molecule has 1 fully saturated rings. The number of carbonyl (C=O) groups excluding carboxylic acids is 2. The zero-order chi connectivity index (χ0) is 18.7. The molecular formula is C16H16N3NaO6S. The third kappa shape index (κ3) is 5.56. The summed E-state index contributed by atoms with van der Waals surface area (Å²) in [6, 6.07) is 8.81. The normalized spacial score (nSPS) is 14.4. The number of anilines is 1. The molecule has 0 bridgehead atoms. The molecule has 0 aliphatic carbocycles. The van der Waals surface area contributed by atoms with Crippen LogP contribution in [0.25, 0.3) is 0 Å². The largest absolute Gasteiger partial charge is 1.00 e. The van der Waals surface area contributed by atoms with E-state index in [0.717, 1.165) is 0 Å². The number of hydrogen-bond donors (Lipinski definition) is 1. The van der Waals surface area contributed by atoms with Crippen molar-refractivity contribution < 1.29 is 56.5 Å². The summed E-state index contributed by atoms with van der Waals surface area (Å²) in [5, 5.41) is 0. The fourth-order valence-corrected chi connectivity index (χ4v) is 3.10. The average Bonchev–Trinajstić information content (AvgIpc) is 3.14. The van der Waals surface area contributed by atoms with E-state index in [0.29, 0.717) is 31.7 Å². The van der Waals surface area contributed by atoms with Crippen LogP contribution in [0.5, 0.6) is 0 Å². The molecule has 0 unspecified atom stereocenters. The van der Waals surface area contributed by atoms with Crippen molar-refractivity contribution in [2.24, 2.45) is 0 Å². The molecule has 138 valence electrons. The van der Waals surface area contributed by atoms with Gasteiger partial charge in [0.15, 0.2) is 16.1 Å². The summed E-state index contributed by atoms with van der Waals surface area (Å²) in [6.45, 7) is 1.53. The van der Waals surface area contributed by atoms with E-state index in [1.165, 1.54) is 30.5 Å². The van der Waals surface area contributed by atoms with Crippen molar-refractivity contribution in [3.63, 3.8) is 0 Å². The van der Waals surface area contributed by atoms with Crippen molar-refractivity contribution in [2.45, 2.75) is 0 Å². The van der Waals surface area contributed by atoms with Crippen LogP contribution in [-0.2, 0) is 10.3 Å². The van der Waals surface area contributed by atoms with Crippen molar-refractivity contribution >= 4 is 27.8 Å². The smallest absolute Gasteiger partial charge is 0.731 e. The zero-order valence-corrected chi connectivity index (χ0v) is 17.4. The Morgan fingerprint density at radius 1 is 0.963 bits per heavy atom. The fraction of sp³-hybridized carbons (Fsp3) is 0.250. The molecule has 27 heavy (non-hydrogen) atoms. The van der Waals surface area contributed by atoms with E-state index in [2.05, 4.69) is 0 Å². The minimum atomic E-state index is -4.60. The molecular weight excluding hydrogens is 385 g/mol. The van der Waals surface area contributed by atoms with Crippen LogP contribution in [0.4, 0.5) is 5.69 Å². The number of benzene rings is 1. The molecule has 0 radical (unpaired) electrons. The SMILES string of the molecule is O=C(c1ccc(NS(=O)(=O)[O-])cc1)N1CCN(C(=O)c2ccco2)CC1.[Na+]. The third-order valence-electron chi connectivity index (χ3n) is 3.96. The van der Waals surface area contributed by atoms with Gasteiger partial charge < -0.3 is 18.8 Å². The van der Waals surface area contributed by atoms with Gasteiger partial charge in [0.1, 0.15) is 0 Å². The van der Waals surface area contributed by atoms with Gasteiger partial charge >= 0.3 is 29.6 Å². The second kappa shape index (κ2) is 8.89. The van der Waals surface area contributed by atoms with Gasteiger partial charge in [-0.25, -0.2) is 8.42 Å². The van der Waals surface area contributed by atoms with Crippen LogP contribution in [0.2, 0.25) is 0 Å². The fourth-order valence-electron chi connectivity index (χ4n) is 2.68. The number of carbonyl (C=O) groups is 2. The van der Waals surface area contributed by atoms with Crippen molar-refractivity contribution in [1.82, 2.24) is 9.80 Å². The van der Waals surface area contributed by atoms with Crippen LogP contribution in [-0.4, -0.2) is 60.8 Å². The first-order valence-corrected chi connectivity index (χ1v) is 9.20. The summed E-state index contributed by atoms with van der Waals surface area (Å²) in [5.41, 5.74) is 0.454. The molecule has 2 aromatic rings. The summed E-state index contributed by atoms with van der Waals surface area (Å²) in [6.07, 6.45) is 1.43. The minimum absolute atomic E-state index is 0. The van der Waals surface area contributed by atoms with E-state index in [1.54, 1.807) is 26.7 Å². The zero-order valence-electron chi connectivity index (χ0n) is 14.6. The number of amides is 2. The predicted octanol–water partition coefficient (Wildman–Crippen LogP) is -2.25. The van der Waals surface area contributed by atoms with Gasteiger partial charge in [0.25, 0.3) is 11.8 Å². The first-order valence-electron chi connectivity index (χ1n) is 7.79. The Morgan fingerprint density at radius 3 is 2.00 bits per heavy atom. The molecule has 9 nitrogen and oxygen atoms in total. The van der Waals surface area contributed by atoms with Gasteiger partial charge in [-0.2, -0.15) is 0 Å². The maximum absolute atomic E-state index is 12.5. The second-order valence-corrected chi connectivity index (χ2v) is 6.81. The van der Waals surface area contributed by atoms with E-state index in [1.807, 2.05) is 0 Å². The van der Waals surface area contributed by atoms with E-state index >= 15 is 0 Å². The molecule has 0 spiro atoms. The Bertz CT molecular complexity index is 891. The van der Waals surface area contributed by atoms with Crippen LogP contribution in [0.1, 0.15) is 20.9 Å². The van der Waals surface area contributed by atoms with Gasteiger partial charge in [-0.15, -0.1) is 0 Å². The maximum Gasteiger partial charge on any atom is 1.00 e. The summed E-state index contributed by atoms with van der Waals surface area (Å²) in [4.78, 5) is 27.9. The number of nitrogens with zero attached hydrogens (tertiary/aromatic N) is 2. The number of furan rings is 1. The molecule has 1 saturated heterocycles. The van der Waals surface area contributed by atoms with Crippen molar-refractivity contribution in [1.29, 1.82) is 0 Å². The molecule has 1 aromatic carbocycles. The third-order valence-corrected chi connectivity index (χ3v) is 4.45. The molecule has 0 saturated carbocycles. The number of hydrogen-bond acceptors (Lipinski definition) is 6.